The van der Waals surface area contributed by atoms with Crippen LogP contribution in [0, 0.1) is 13.8 Å². The first kappa shape index (κ1) is 21.3. The second-order valence-corrected chi connectivity index (χ2v) is 7.34. The molecular weight excluding hydrogens is 425 g/mol. The molecule has 0 radical (unpaired) electrons. The number of halogens is 3. The molecule has 3 heterocycles. The van der Waals surface area contributed by atoms with E-state index in [1.165, 1.54) is 12.3 Å². The van der Waals surface area contributed by atoms with Crippen LogP contribution in [0.2, 0.25) is 0 Å². The first-order valence-corrected chi connectivity index (χ1v) is 9.68. The Morgan fingerprint density at radius 3 is 2.53 bits per heavy atom. The van der Waals surface area contributed by atoms with Crippen molar-refractivity contribution in [3.63, 3.8) is 0 Å². The van der Waals surface area contributed by atoms with Crippen molar-refractivity contribution >= 4 is 11.6 Å². The van der Waals surface area contributed by atoms with E-state index in [4.69, 9.17) is 0 Å². The smallest absolute Gasteiger partial charge is 0.352 e. The summed E-state index contributed by atoms with van der Waals surface area (Å²) >= 11 is 0. The van der Waals surface area contributed by atoms with E-state index in [0.29, 0.717) is 17.0 Å². The minimum Gasteiger partial charge on any atom is -0.352 e. The maximum Gasteiger partial charge on any atom is 0.435 e. The normalized spacial score (nSPS) is 11.8. The molecular formula is C21H19F3N6O2. The fourth-order valence-electron chi connectivity index (χ4n) is 3.42. The minimum atomic E-state index is -4.50. The highest BCUT2D eigenvalue weighted by Gasteiger charge is 2.33. The Bertz CT molecular complexity index is 1350. The van der Waals surface area contributed by atoms with E-state index < -0.39 is 11.9 Å². The molecule has 11 heteroatoms. The summed E-state index contributed by atoms with van der Waals surface area (Å²) in [7, 11) is 0. The van der Waals surface area contributed by atoms with Crippen LogP contribution in [0.25, 0.3) is 11.3 Å². The molecule has 1 aromatic carbocycles. The van der Waals surface area contributed by atoms with E-state index in [0.717, 1.165) is 27.6 Å². The monoisotopic (exact) mass is 444 g/mol. The molecule has 4 aromatic rings. The van der Waals surface area contributed by atoms with Crippen LogP contribution in [0.15, 0.2) is 47.4 Å². The molecule has 0 saturated carbocycles. The minimum absolute atomic E-state index is 0.0897. The first-order chi connectivity index (χ1) is 15.1. The number of aromatic nitrogens is 5. The number of hydrogen-bond donors (Lipinski definition) is 2. The summed E-state index contributed by atoms with van der Waals surface area (Å²) in [5.74, 6) is -0.224. The number of aromatic amines is 1. The third-order valence-corrected chi connectivity index (χ3v) is 5.11. The van der Waals surface area contributed by atoms with Gasteiger partial charge < -0.3 is 5.32 Å². The lowest BCUT2D eigenvalue weighted by molar-refractivity contribution is -0.141. The van der Waals surface area contributed by atoms with Gasteiger partial charge in [-0.3, -0.25) is 14.7 Å². The Morgan fingerprint density at radius 2 is 1.88 bits per heavy atom. The van der Waals surface area contributed by atoms with Crippen molar-refractivity contribution in [2.24, 2.45) is 0 Å². The van der Waals surface area contributed by atoms with Gasteiger partial charge in [-0.15, -0.1) is 0 Å². The van der Waals surface area contributed by atoms with Crippen LogP contribution in [-0.4, -0.2) is 30.3 Å². The van der Waals surface area contributed by atoms with Gasteiger partial charge in [-0.1, -0.05) is 12.1 Å². The van der Waals surface area contributed by atoms with E-state index in [9.17, 15) is 22.8 Å². The van der Waals surface area contributed by atoms with Crippen LogP contribution < -0.4 is 10.9 Å². The van der Waals surface area contributed by atoms with Gasteiger partial charge in [0.25, 0.3) is 5.56 Å². The zero-order valence-corrected chi connectivity index (χ0v) is 17.2. The largest absolute Gasteiger partial charge is 0.435 e. The number of nitrogens with one attached hydrogen (secondary N) is 2. The molecule has 0 bridgehead atoms. The van der Waals surface area contributed by atoms with Crippen molar-refractivity contribution in [1.29, 1.82) is 0 Å². The number of nitrogens with zero attached hydrogens (tertiary/aromatic N) is 4. The Morgan fingerprint density at radius 1 is 1.16 bits per heavy atom. The van der Waals surface area contributed by atoms with Crippen molar-refractivity contribution < 1.29 is 18.0 Å². The highest BCUT2D eigenvalue weighted by atomic mass is 19.4. The highest BCUT2D eigenvalue weighted by molar-refractivity contribution is 5.79. The molecule has 0 unspecified atom stereocenters. The van der Waals surface area contributed by atoms with Crippen LogP contribution in [0.1, 0.15) is 28.2 Å². The van der Waals surface area contributed by atoms with Gasteiger partial charge in [-0.2, -0.15) is 18.3 Å². The molecule has 3 aromatic heterocycles. The molecule has 2 N–H and O–H groups in total. The zero-order chi connectivity index (χ0) is 23.0. The summed E-state index contributed by atoms with van der Waals surface area (Å²) in [5, 5.41) is 9.00. The molecule has 0 saturated heterocycles. The van der Waals surface area contributed by atoms with Crippen molar-refractivity contribution in [3.05, 3.63) is 81.2 Å². The third kappa shape index (κ3) is 4.27. The standard InChI is InChI=1S/C21H19F3N6O2/c1-12-16(13(2)30-18(26-12)10-20(32)28-30)9-19(31)25-11-14-3-5-15(6-4-14)29-8-7-17(27-29)21(22,23)24/h3-8,10H,9,11H2,1-2H3,(H,25,31)(H,28,32). The second kappa shape index (κ2) is 7.98. The van der Waals surface area contributed by atoms with Gasteiger partial charge in [0.2, 0.25) is 5.91 Å². The number of carbonyl (C=O) groups is 1. The number of amides is 1. The Labute approximate surface area is 179 Å². The van der Waals surface area contributed by atoms with Crippen LogP contribution in [0.3, 0.4) is 0 Å². The summed E-state index contributed by atoms with van der Waals surface area (Å²) in [4.78, 5) is 28.4. The average Bonchev–Trinajstić information content (AvgIpc) is 3.37. The highest BCUT2D eigenvalue weighted by Crippen LogP contribution is 2.27. The fourth-order valence-corrected chi connectivity index (χ4v) is 3.42. The molecule has 0 fully saturated rings. The molecule has 0 atom stereocenters. The van der Waals surface area contributed by atoms with Gasteiger partial charge >= 0.3 is 6.18 Å². The van der Waals surface area contributed by atoms with Gasteiger partial charge in [0.1, 0.15) is 0 Å². The molecule has 0 aliphatic heterocycles. The number of rotatable bonds is 5. The Kier molecular flexibility index (Phi) is 5.33. The number of H-pyrrole nitrogens is 1. The number of benzene rings is 1. The SMILES string of the molecule is Cc1nc2cc(=O)[nH]n2c(C)c1CC(=O)NCc1ccc(-n2ccc(C(F)(F)F)n2)cc1. The maximum absolute atomic E-state index is 12.7. The zero-order valence-electron chi connectivity index (χ0n) is 17.2. The summed E-state index contributed by atoms with van der Waals surface area (Å²) in [6.07, 6.45) is -3.16. The molecule has 8 nitrogen and oxygen atoms in total. The van der Waals surface area contributed by atoms with Crippen LogP contribution >= 0.6 is 0 Å². The summed E-state index contributed by atoms with van der Waals surface area (Å²) in [6.45, 7) is 3.84. The molecule has 1 amide bonds. The fraction of sp³-hybridized carbons (Fsp3) is 0.238. The Hall–Kier alpha value is -3.89. The third-order valence-electron chi connectivity index (χ3n) is 5.11. The summed E-state index contributed by atoms with van der Waals surface area (Å²) in [5.41, 5.74) is 2.63. The van der Waals surface area contributed by atoms with Crippen LogP contribution in [0.5, 0.6) is 0 Å². The second-order valence-electron chi connectivity index (χ2n) is 7.34. The van der Waals surface area contributed by atoms with Gasteiger partial charge in [0.05, 0.1) is 12.1 Å². The van der Waals surface area contributed by atoms with Gasteiger partial charge in [0.15, 0.2) is 11.3 Å². The van der Waals surface area contributed by atoms with Gasteiger partial charge in [0, 0.05) is 35.8 Å². The molecule has 0 spiro atoms. The van der Waals surface area contributed by atoms with E-state index in [1.807, 2.05) is 0 Å². The maximum atomic E-state index is 12.7. The average molecular weight is 444 g/mol. The lowest BCUT2D eigenvalue weighted by Gasteiger charge is -2.12. The molecule has 0 aliphatic rings. The number of carbonyl (C=O) groups excluding carboxylic acids is 1. The first-order valence-electron chi connectivity index (χ1n) is 9.68. The number of hydrogen-bond acceptors (Lipinski definition) is 4. The van der Waals surface area contributed by atoms with E-state index in [-0.39, 0.29) is 24.4 Å². The topological polar surface area (TPSA) is 97.1 Å². The number of alkyl halides is 3. The number of fused-ring (bicyclic) bond motifs is 1. The van der Waals surface area contributed by atoms with Crippen LogP contribution in [-0.2, 0) is 23.9 Å². The van der Waals surface area contributed by atoms with Crippen molar-refractivity contribution in [3.8, 4) is 5.69 Å². The summed E-state index contributed by atoms with van der Waals surface area (Å²) in [6, 6.07) is 8.97. The Balaban J connectivity index is 1.41. The number of aryl methyl sites for hydroxylation is 2. The van der Waals surface area contributed by atoms with Crippen molar-refractivity contribution in [2.45, 2.75) is 33.0 Å². The lowest BCUT2D eigenvalue weighted by Crippen LogP contribution is -2.26. The summed E-state index contributed by atoms with van der Waals surface area (Å²) < 4.78 is 40.8. The molecule has 0 aliphatic carbocycles. The predicted octanol–water partition coefficient (Wildman–Crippen LogP) is 2.70. The lowest BCUT2D eigenvalue weighted by atomic mass is 10.1. The van der Waals surface area contributed by atoms with Gasteiger partial charge in [-0.25, -0.2) is 14.2 Å². The van der Waals surface area contributed by atoms with E-state index >= 15 is 0 Å². The van der Waals surface area contributed by atoms with Crippen molar-refractivity contribution in [2.75, 3.05) is 0 Å². The van der Waals surface area contributed by atoms with Crippen molar-refractivity contribution in [1.82, 2.24) is 29.7 Å². The quantitative estimate of drug-likeness (QED) is 0.495. The van der Waals surface area contributed by atoms with E-state index in [1.54, 1.807) is 42.6 Å². The predicted molar refractivity (Wildman–Crippen MR) is 109 cm³/mol. The molecule has 166 valence electrons. The van der Waals surface area contributed by atoms with Crippen LogP contribution in [0.4, 0.5) is 13.2 Å². The molecule has 32 heavy (non-hydrogen) atoms. The van der Waals surface area contributed by atoms with Gasteiger partial charge in [-0.05, 0) is 37.6 Å². The van der Waals surface area contributed by atoms with E-state index in [2.05, 4.69) is 20.5 Å². The molecule has 4 rings (SSSR count).